The Balaban J connectivity index is 1.74. The van der Waals surface area contributed by atoms with E-state index >= 15 is 0 Å². The Morgan fingerprint density at radius 2 is 2.46 bits per heavy atom. The van der Waals surface area contributed by atoms with Crippen molar-refractivity contribution in [2.75, 3.05) is 0 Å². The Morgan fingerprint density at radius 3 is 3.08 bits per heavy atom. The van der Waals surface area contributed by atoms with E-state index in [0.717, 1.165) is 12.1 Å². The van der Waals surface area contributed by atoms with Crippen molar-refractivity contribution in [3.05, 3.63) is 22.4 Å². The number of nitrogens with one attached hydrogen (secondary N) is 1. The smallest absolute Gasteiger partial charge is 0.00732 e. The predicted molar refractivity (Wildman–Crippen MR) is 58.3 cm³/mol. The molecule has 2 heterocycles. The summed E-state index contributed by atoms with van der Waals surface area (Å²) in [5.41, 5.74) is 1.51. The molecular weight excluding hydrogens is 178 g/mol. The van der Waals surface area contributed by atoms with E-state index in [9.17, 15) is 0 Å². The van der Waals surface area contributed by atoms with Gasteiger partial charge in [-0.2, -0.15) is 11.3 Å². The molecule has 0 radical (unpaired) electrons. The summed E-state index contributed by atoms with van der Waals surface area (Å²) in [6.07, 6.45) is 5.27. The third-order valence-electron chi connectivity index (χ3n) is 2.83. The van der Waals surface area contributed by atoms with Gasteiger partial charge in [0.1, 0.15) is 0 Å². The fourth-order valence-electron chi connectivity index (χ4n) is 2.02. The molecule has 2 atom stereocenters. The van der Waals surface area contributed by atoms with Crippen molar-refractivity contribution >= 4 is 11.3 Å². The van der Waals surface area contributed by atoms with E-state index in [1.807, 2.05) is 0 Å². The minimum atomic E-state index is 0.743. The van der Waals surface area contributed by atoms with Crippen LogP contribution >= 0.6 is 11.3 Å². The molecule has 0 aliphatic carbocycles. The van der Waals surface area contributed by atoms with E-state index in [4.69, 9.17) is 0 Å². The van der Waals surface area contributed by atoms with Crippen molar-refractivity contribution in [3.63, 3.8) is 0 Å². The summed E-state index contributed by atoms with van der Waals surface area (Å²) in [6, 6.07) is 3.76. The molecule has 1 aromatic rings. The lowest BCUT2D eigenvalue weighted by molar-refractivity contribution is 0.527. The maximum atomic E-state index is 3.62. The maximum Gasteiger partial charge on any atom is 0.00732 e. The van der Waals surface area contributed by atoms with Gasteiger partial charge < -0.3 is 5.32 Å². The van der Waals surface area contributed by atoms with Crippen LogP contribution in [-0.4, -0.2) is 12.1 Å². The van der Waals surface area contributed by atoms with Gasteiger partial charge in [-0.05, 0) is 55.0 Å². The quantitative estimate of drug-likeness (QED) is 0.782. The first-order valence-corrected chi connectivity index (χ1v) is 6.06. The lowest BCUT2D eigenvalue weighted by Gasteiger charge is -2.10. The van der Waals surface area contributed by atoms with Gasteiger partial charge in [-0.1, -0.05) is 0 Å². The molecule has 1 saturated heterocycles. The Labute approximate surface area is 84.2 Å². The van der Waals surface area contributed by atoms with Gasteiger partial charge in [-0.25, -0.2) is 0 Å². The van der Waals surface area contributed by atoms with Gasteiger partial charge in [0.05, 0.1) is 0 Å². The highest BCUT2D eigenvalue weighted by Gasteiger charge is 2.19. The topological polar surface area (TPSA) is 12.0 Å². The molecule has 1 fully saturated rings. The number of aryl methyl sites for hydroxylation is 1. The van der Waals surface area contributed by atoms with Crippen molar-refractivity contribution in [1.82, 2.24) is 5.32 Å². The van der Waals surface area contributed by atoms with Crippen molar-refractivity contribution < 1.29 is 0 Å². The predicted octanol–water partition coefficient (Wildman–Crippen LogP) is 2.82. The maximum absolute atomic E-state index is 3.62. The number of thiophene rings is 1. The van der Waals surface area contributed by atoms with Crippen LogP contribution in [0.1, 0.15) is 31.7 Å². The van der Waals surface area contributed by atoms with Crippen LogP contribution in [0, 0.1) is 0 Å². The third-order valence-corrected chi connectivity index (χ3v) is 3.56. The molecule has 0 amide bonds. The average molecular weight is 195 g/mol. The zero-order valence-corrected chi connectivity index (χ0v) is 8.94. The highest BCUT2D eigenvalue weighted by atomic mass is 32.1. The van der Waals surface area contributed by atoms with Gasteiger partial charge >= 0.3 is 0 Å². The van der Waals surface area contributed by atoms with Crippen LogP contribution in [0.5, 0.6) is 0 Å². The third kappa shape index (κ3) is 2.55. The molecule has 0 unspecified atom stereocenters. The number of rotatable bonds is 3. The first-order valence-electron chi connectivity index (χ1n) is 5.12. The van der Waals surface area contributed by atoms with Crippen molar-refractivity contribution in [2.24, 2.45) is 0 Å². The average Bonchev–Trinajstić information content (AvgIpc) is 2.71. The molecule has 1 aromatic heterocycles. The van der Waals surface area contributed by atoms with Crippen LogP contribution in [0.15, 0.2) is 16.8 Å². The van der Waals surface area contributed by atoms with Crippen molar-refractivity contribution in [1.29, 1.82) is 0 Å². The molecule has 0 spiro atoms. The lowest BCUT2D eigenvalue weighted by Crippen LogP contribution is -2.27. The largest absolute Gasteiger partial charge is 0.311 e. The summed E-state index contributed by atoms with van der Waals surface area (Å²) in [5.74, 6) is 0. The van der Waals surface area contributed by atoms with E-state index in [-0.39, 0.29) is 0 Å². The highest BCUT2D eigenvalue weighted by molar-refractivity contribution is 7.07. The molecule has 72 valence electrons. The Morgan fingerprint density at radius 1 is 1.54 bits per heavy atom. The molecule has 0 saturated carbocycles. The zero-order valence-electron chi connectivity index (χ0n) is 8.12. The Kier molecular flexibility index (Phi) is 3.01. The molecule has 1 aliphatic heterocycles. The van der Waals surface area contributed by atoms with Crippen molar-refractivity contribution in [2.45, 2.75) is 44.7 Å². The lowest BCUT2D eigenvalue weighted by atomic mass is 10.1. The molecular formula is C11H17NS. The van der Waals surface area contributed by atoms with Crippen LogP contribution in [0.3, 0.4) is 0 Å². The Bertz CT molecular complexity index is 243. The standard InChI is InChI=1S/C11H17NS/c1-9-2-4-11(12-9)5-3-10-6-7-13-8-10/h6-9,11-12H,2-5H2,1H3/t9-,11-/m1/s1. The van der Waals surface area contributed by atoms with Crippen LogP contribution in [0.2, 0.25) is 0 Å². The molecule has 1 N–H and O–H groups in total. The summed E-state index contributed by atoms with van der Waals surface area (Å²) in [5, 5.41) is 8.05. The van der Waals surface area contributed by atoms with E-state index in [1.165, 1.54) is 31.2 Å². The molecule has 1 aliphatic rings. The van der Waals surface area contributed by atoms with Gasteiger partial charge in [0, 0.05) is 12.1 Å². The molecule has 1 nitrogen and oxygen atoms in total. The zero-order chi connectivity index (χ0) is 9.10. The number of hydrogen-bond acceptors (Lipinski definition) is 2. The summed E-state index contributed by atoms with van der Waals surface area (Å²) >= 11 is 1.80. The Hall–Kier alpha value is -0.340. The highest BCUT2D eigenvalue weighted by Crippen LogP contribution is 2.17. The van der Waals surface area contributed by atoms with Crippen LogP contribution < -0.4 is 5.32 Å². The second kappa shape index (κ2) is 4.25. The van der Waals surface area contributed by atoms with Crippen LogP contribution in [0.25, 0.3) is 0 Å². The minimum Gasteiger partial charge on any atom is -0.311 e. The van der Waals surface area contributed by atoms with Gasteiger partial charge in [-0.15, -0.1) is 0 Å². The van der Waals surface area contributed by atoms with Gasteiger partial charge in [-0.3, -0.25) is 0 Å². The normalized spacial score (nSPS) is 28.1. The van der Waals surface area contributed by atoms with Gasteiger partial charge in [0.2, 0.25) is 0 Å². The number of hydrogen-bond donors (Lipinski definition) is 1. The molecule has 2 heteroatoms. The van der Waals surface area contributed by atoms with E-state index < -0.39 is 0 Å². The summed E-state index contributed by atoms with van der Waals surface area (Å²) in [6.45, 7) is 2.28. The van der Waals surface area contributed by atoms with E-state index in [2.05, 4.69) is 29.1 Å². The monoisotopic (exact) mass is 195 g/mol. The molecule has 0 aromatic carbocycles. The summed E-state index contributed by atoms with van der Waals surface area (Å²) in [7, 11) is 0. The fraction of sp³-hybridized carbons (Fsp3) is 0.636. The molecule has 13 heavy (non-hydrogen) atoms. The van der Waals surface area contributed by atoms with E-state index in [1.54, 1.807) is 11.3 Å². The summed E-state index contributed by atoms with van der Waals surface area (Å²) in [4.78, 5) is 0. The molecule has 2 rings (SSSR count). The van der Waals surface area contributed by atoms with Crippen LogP contribution in [0.4, 0.5) is 0 Å². The fourth-order valence-corrected chi connectivity index (χ4v) is 2.73. The second-order valence-corrected chi connectivity index (χ2v) is 4.79. The van der Waals surface area contributed by atoms with E-state index in [0.29, 0.717) is 0 Å². The van der Waals surface area contributed by atoms with Crippen LogP contribution in [-0.2, 0) is 6.42 Å². The van der Waals surface area contributed by atoms with Gasteiger partial charge in [0.15, 0.2) is 0 Å². The first kappa shape index (κ1) is 9.22. The van der Waals surface area contributed by atoms with Crippen molar-refractivity contribution in [3.8, 4) is 0 Å². The second-order valence-electron chi connectivity index (χ2n) is 4.01. The van der Waals surface area contributed by atoms with Gasteiger partial charge in [0.25, 0.3) is 0 Å². The first-order chi connectivity index (χ1) is 6.34. The SMILES string of the molecule is C[C@@H]1CC[C@H](CCc2ccsc2)N1. The molecule has 0 bridgehead atoms. The summed E-state index contributed by atoms with van der Waals surface area (Å²) < 4.78 is 0. The minimum absolute atomic E-state index is 0.743.